The molecular weight excluding hydrogens is 434 g/mol. The Morgan fingerprint density at radius 1 is 0.500 bits per heavy atom. The third kappa shape index (κ3) is 2.04. The third-order valence-electron chi connectivity index (χ3n) is 8.74. The number of hydrogen-bond acceptors (Lipinski definition) is 1. The highest BCUT2D eigenvalue weighted by Gasteiger charge is 2.51. The Hall–Kier alpha value is -4.49. The molecule has 0 bridgehead atoms. The standard InChI is InChI=1S/C35H21N/c1-4-12-29-23(8-1)24-9-2-5-13-30(24)35(29)31-14-6-3-10-25(31)28-19-22-18-21-15-16-33-26(11-7-17-36-33)34(21)27(22)20-32(28)35/h1-17,19-20H,18H2. The van der Waals surface area contributed by atoms with Gasteiger partial charge in [0.2, 0.25) is 0 Å². The van der Waals surface area contributed by atoms with Crippen molar-refractivity contribution in [2.45, 2.75) is 11.8 Å². The molecule has 1 nitrogen and oxygen atoms in total. The topological polar surface area (TPSA) is 12.9 Å². The molecule has 6 aromatic rings. The van der Waals surface area contributed by atoms with Crippen LogP contribution in [0.5, 0.6) is 0 Å². The molecule has 0 unspecified atom stereocenters. The maximum Gasteiger partial charge on any atom is 0.0725 e. The van der Waals surface area contributed by atoms with Gasteiger partial charge in [0.25, 0.3) is 0 Å². The van der Waals surface area contributed by atoms with Crippen molar-refractivity contribution in [2.75, 3.05) is 0 Å². The Balaban J connectivity index is 1.45. The smallest absolute Gasteiger partial charge is 0.0725 e. The third-order valence-corrected chi connectivity index (χ3v) is 8.74. The van der Waals surface area contributed by atoms with Crippen LogP contribution in [-0.4, -0.2) is 4.98 Å². The van der Waals surface area contributed by atoms with Gasteiger partial charge in [-0.25, -0.2) is 0 Å². The quantitative estimate of drug-likeness (QED) is 0.225. The van der Waals surface area contributed by atoms with Crippen LogP contribution in [-0.2, 0) is 11.8 Å². The molecule has 1 heterocycles. The molecule has 1 spiro atoms. The van der Waals surface area contributed by atoms with Crippen LogP contribution >= 0.6 is 0 Å². The zero-order chi connectivity index (χ0) is 23.4. The minimum Gasteiger partial charge on any atom is -0.256 e. The number of nitrogens with zero attached hydrogens (tertiary/aromatic N) is 1. The number of pyridine rings is 1. The fourth-order valence-electron chi connectivity index (χ4n) is 7.43. The molecule has 0 saturated heterocycles. The summed E-state index contributed by atoms with van der Waals surface area (Å²) in [6.07, 6.45) is 2.87. The number of aromatic nitrogens is 1. The van der Waals surface area contributed by atoms with E-state index in [0.717, 1.165) is 11.9 Å². The minimum atomic E-state index is -0.292. The van der Waals surface area contributed by atoms with Crippen LogP contribution in [0.2, 0.25) is 0 Å². The minimum absolute atomic E-state index is 0.292. The Bertz CT molecular complexity index is 1880. The highest BCUT2D eigenvalue weighted by atomic mass is 14.6. The lowest BCUT2D eigenvalue weighted by Gasteiger charge is -2.30. The van der Waals surface area contributed by atoms with Crippen LogP contribution in [0.25, 0.3) is 44.3 Å². The molecule has 1 heteroatoms. The highest BCUT2D eigenvalue weighted by Crippen LogP contribution is 2.63. The Morgan fingerprint density at radius 3 is 1.83 bits per heavy atom. The predicted octanol–water partition coefficient (Wildman–Crippen LogP) is 8.15. The molecule has 36 heavy (non-hydrogen) atoms. The Morgan fingerprint density at radius 2 is 1.14 bits per heavy atom. The van der Waals surface area contributed by atoms with E-state index in [0.29, 0.717) is 0 Å². The number of benzene rings is 5. The van der Waals surface area contributed by atoms with E-state index >= 15 is 0 Å². The van der Waals surface area contributed by atoms with Gasteiger partial charge in [0.05, 0.1) is 10.9 Å². The molecule has 1 aromatic heterocycles. The molecule has 0 aliphatic heterocycles. The Kier molecular flexibility index (Phi) is 3.33. The van der Waals surface area contributed by atoms with Gasteiger partial charge in [-0.3, -0.25) is 4.98 Å². The van der Waals surface area contributed by atoms with E-state index in [-0.39, 0.29) is 5.41 Å². The van der Waals surface area contributed by atoms with Crippen molar-refractivity contribution in [1.82, 2.24) is 4.98 Å². The molecule has 5 aromatic carbocycles. The van der Waals surface area contributed by atoms with Crippen molar-refractivity contribution < 1.29 is 0 Å². The molecule has 0 saturated carbocycles. The lowest BCUT2D eigenvalue weighted by Crippen LogP contribution is -2.25. The van der Waals surface area contributed by atoms with E-state index in [1.165, 1.54) is 72.1 Å². The summed E-state index contributed by atoms with van der Waals surface area (Å²) in [4.78, 5) is 4.67. The van der Waals surface area contributed by atoms with Crippen LogP contribution in [0.1, 0.15) is 33.4 Å². The second-order valence-electron chi connectivity index (χ2n) is 10.3. The molecule has 166 valence electrons. The van der Waals surface area contributed by atoms with Gasteiger partial charge in [-0.05, 0) is 97.4 Å². The van der Waals surface area contributed by atoms with Gasteiger partial charge < -0.3 is 0 Å². The monoisotopic (exact) mass is 455 g/mol. The summed E-state index contributed by atoms with van der Waals surface area (Å²) in [6.45, 7) is 0. The van der Waals surface area contributed by atoms with Gasteiger partial charge in [-0.1, -0.05) is 84.9 Å². The fourth-order valence-corrected chi connectivity index (χ4v) is 7.43. The van der Waals surface area contributed by atoms with Crippen LogP contribution < -0.4 is 0 Å². The van der Waals surface area contributed by atoms with Gasteiger partial charge in [0.15, 0.2) is 0 Å². The first-order chi connectivity index (χ1) is 17.9. The van der Waals surface area contributed by atoms with E-state index in [4.69, 9.17) is 0 Å². The average molecular weight is 456 g/mol. The second kappa shape index (κ2) is 6.38. The average Bonchev–Trinajstić information content (AvgIpc) is 3.55. The molecule has 0 fully saturated rings. The molecular formula is C35H21N. The first-order valence-electron chi connectivity index (χ1n) is 12.7. The maximum absolute atomic E-state index is 4.67. The van der Waals surface area contributed by atoms with Gasteiger partial charge >= 0.3 is 0 Å². The predicted molar refractivity (Wildman–Crippen MR) is 146 cm³/mol. The van der Waals surface area contributed by atoms with Gasteiger partial charge in [0.1, 0.15) is 0 Å². The molecule has 9 rings (SSSR count). The molecule has 3 aliphatic rings. The summed E-state index contributed by atoms with van der Waals surface area (Å²) in [7, 11) is 0. The second-order valence-corrected chi connectivity index (χ2v) is 10.3. The van der Waals surface area contributed by atoms with Crippen molar-refractivity contribution >= 4 is 10.9 Å². The fraction of sp³-hybridized carbons (Fsp3) is 0.0571. The molecule has 0 atom stereocenters. The summed E-state index contributed by atoms with van der Waals surface area (Å²) in [5.41, 5.74) is 17.4. The zero-order valence-corrected chi connectivity index (χ0v) is 19.6. The highest BCUT2D eigenvalue weighted by molar-refractivity contribution is 6.02. The number of hydrogen-bond donors (Lipinski definition) is 0. The summed E-state index contributed by atoms with van der Waals surface area (Å²) in [6, 6.07) is 40.9. The van der Waals surface area contributed by atoms with Gasteiger partial charge in [-0.15, -0.1) is 0 Å². The number of fused-ring (bicyclic) bond motifs is 15. The summed E-state index contributed by atoms with van der Waals surface area (Å²) in [5.74, 6) is 0. The van der Waals surface area contributed by atoms with E-state index in [2.05, 4.69) is 114 Å². The maximum atomic E-state index is 4.67. The van der Waals surface area contributed by atoms with Crippen molar-refractivity contribution in [3.05, 3.63) is 149 Å². The number of rotatable bonds is 0. The first-order valence-corrected chi connectivity index (χ1v) is 12.7. The zero-order valence-electron chi connectivity index (χ0n) is 19.6. The van der Waals surface area contributed by atoms with Crippen LogP contribution in [0.3, 0.4) is 0 Å². The van der Waals surface area contributed by atoms with Crippen molar-refractivity contribution in [3.63, 3.8) is 0 Å². The van der Waals surface area contributed by atoms with Crippen LogP contribution in [0.15, 0.2) is 115 Å². The van der Waals surface area contributed by atoms with Crippen molar-refractivity contribution in [3.8, 4) is 33.4 Å². The van der Waals surface area contributed by atoms with Crippen LogP contribution in [0.4, 0.5) is 0 Å². The summed E-state index contributed by atoms with van der Waals surface area (Å²) >= 11 is 0. The largest absolute Gasteiger partial charge is 0.256 e. The van der Waals surface area contributed by atoms with E-state index < -0.39 is 0 Å². The van der Waals surface area contributed by atoms with Gasteiger partial charge in [0, 0.05) is 11.6 Å². The molecule has 0 amide bonds. The lowest BCUT2D eigenvalue weighted by molar-refractivity contribution is 0.794. The Labute approximate surface area is 209 Å². The van der Waals surface area contributed by atoms with Crippen molar-refractivity contribution in [1.29, 1.82) is 0 Å². The van der Waals surface area contributed by atoms with E-state index in [9.17, 15) is 0 Å². The summed E-state index contributed by atoms with van der Waals surface area (Å²) < 4.78 is 0. The first kappa shape index (κ1) is 18.8. The molecule has 0 radical (unpaired) electrons. The molecule has 3 aliphatic carbocycles. The molecule has 0 N–H and O–H groups in total. The summed E-state index contributed by atoms with van der Waals surface area (Å²) in [5, 5.41) is 1.26. The van der Waals surface area contributed by atoms with Gasteiger partial charge in [-0.2, -0.15) is 0 Å². The lowest BCUT2D eigenvalue weighted by atomic mass is 9.70. The van der Waals surface area contributed by atoms with Crippen molar-refractivity contribution in [2.24, 2.45) is 0 Å². The van der Waals surface area contributed by atoms with E-state index in [1.54, 1.807) is 0 Å². The van der Waals surface area contributed by atoms with Crippen LogP contribution in [0, 0.1) is 0 Å². The SMILES string of the molecule is c1ccc2c(c1)-c1ccccc1C21c2ccccc2-c2cc3c(cc21)-c1c(ccc2ncccc12)C3. The van der Waals surface area contributed by atoms with E-state index in [1.807, 2.05) is 6.20 Å². The normalized spacial score (nSPS) is 14.8.